The lowest BCUT2D eigenvalue weighted by Gasteiger charge is -2.20. The van der Waals surface area contributed by atoms with Crippen molar-refractivity contribution in [2.45, 2.75) is 25.4 Å². The predicted molar refractivity (Wildman–Crippen MR) is 125 cm³/mol. The second-order valence-corrected chi connectivity index (χ2v) is 8.75. The maximum atomic E-state index is 13.8. The van der Waals surface area contributed by atoms with Gasteiger partial charge in [-0.15, -0.1) is 10.2 Å². The van der Waals surface area contributed by atoms with E-state index < -0.39 is 29.8 Å². The minimum Gasteiger partial charge on any atom is -0.423 e. The average Bonchev–Trinajstić information content (AvgIpc) is 3.43. The Kier molecular flexibility index (Phi) is 5.80. The molecule has 4 N–H and O–H groups in total. The van der Waals surface area contributed by atoms with Gasteiger partial charge in [0, 0.05) is 23.5 Å². The van der Waals surface area contributed by atoms with Crippen LogP contribution in [0.5, 0.6) is 0 Å². The number of halogens is 2. The lowest BCUT2D eigenvalue weighted by molar-refractivity contribution is 0.0940. The van der Waals surface area contributed by atoms with Crippen LogP contribution in [-0.2, 0) is 5.54 Å². The Morgan fingerprint density at radius 3 is 2.61 bits per heavy atom. The molecule has 4 aromatic rings. The van der Waals surface area contributed by atoms with Gasteiger partial charge in [-0.25, -0.2) is 13.8 Å². The Morgan fingerprint density at radius 1 is 1.14 bits per heavy atom. The van der Waals surface area contributed by atoms with E-state index in [9.17, 15) is 18.7 Å². The van der Waals surface area contributed by atoms with Gasteiger partial charge >= 0.3 is 0 Å². The van der Waals surface area contributed by atoms with Crippen molar-refractivity contribution in [3.8, 4) is 11.5 Å². The zero-order valence-corrected chi connectivity index (χ0v) is 19.2. The molecule has 1 amide bonds. The Bertz CT molecular complexity index is 1420. The van der Waals surface area contributed by atoms with Gasteiger partial charge in [0.2, 0.25) is 12.3 Å². The summed E-state index contributed by atoms with van der Waals surface area (Å²) >= 11 is 0. The standard InChI is InChI=1S/C24H21F2N7O3/c1-24(2)18-8-15(3-4-16(18)21(35)32-24)29-23-27-9-17(22-33-28-11-36-22)20(31-23)30-19(10-34)12-5-13(25)7-14(26)6-12/h3-9,11,19,34H,10H2,1-2H3,(H,32,35)(H2,27,29,30,31)/t19-/m1/s1. The fourth-order valence-corrected chi connectivity index (χ4v) is 4.06. The van der Waals surface area contributed by atoms with Gasteiger partial charge in [-0.05, 0) is 55.3 Å². The van der Waals surface area contributed by atoms with E-state index in [1.807, 2.05) is 19.9 Å². The largest absolute Gasteiger partial charge is 0.423 e. The number of hydrogen-bond donors (Lipinski definition) is 4. The molecule has 1 aliphatic rings. The zero-order valence-electron chi connectivity index (χ0n) is 19.2. The number of carbonyl (C=O) groups is 1. The number of aliphatic hydroxyl groups excluding tert-OH is 1. The van der Waals surface area contributed by atoms with E-state index in [0.29, 0.717) is 16.8 Å². The fraction of sp³-hybridized carbons (Fsp3) is 0.208. The minimum absolute atomic E-state index is 0.107. The number of fused-ring (bicyclic) bond motifs is 1. The molecule has 36 heavy (non-hydrogen) atoms. The van der Waals surface area contributed by atoms with E-state index in [1.54, 1.807) is 12.1 Å². The maximum absolute atomic E-state index is 13.8. The molecule has 0 spiro atoms. The number of hydrogen-bond acceptors (Lipinski definition) is 9. The van der Waals surface area contributed by atoms with E-state index in [2.05, 4.69) is 36.1 Å². The summed E-state index contributed by atoms with van der Waals surface area (Å²) in [6.45, 7) is 3.32. The molecule has 0 bridgehead atoms. The number of carbonyl (C=O) groups excluding carboxylic acids is 1. The van der Waals surface area contributed by atoms with Crippen LogP contribution < -0.4 is 16.0 Å². The summed E-state index contributed by atoms with van der Waals surface area (Å²) in [7, 11) is 0. The molecule has 12 heteroatoms. The van der Waals surface area contributed by atoms with Gasteiger partial charge in [0.15, 0.2) is 0 Å². The summed E-state index contributed by atoms with van der Waals surface area (Å²) in [4.78, 5) is 21.0. The number of amides is 1. The normalized spacial score (nSPS) is 14.8. The molecule has 0 saturated carbocycles. The van der Waals surface area contributed by atoms with Crippen molar-refractivity contribution < 1.29 is 23.1 Å². The highest BCUT2D eigenvalue weighted by Crippen LogP contribution is 2.34. The van der Waals surface area contributed by atoms with Crippen LogP contribution in [-0.4, -0.2) is 37.8 Å². The van der Waals surface area contributed by atoms with Gasteiger partial charge in [0.05, 0.1) is 23.8 Å². The van der Waals surface area contributed by atoms with Gasteiger partial charge in [-0.1, -0.05) is 0 Å². The van der Waals surface area contributed by atoms with E-state index >= 15 is 0 Å². The molecule has 1 atom stereocenters. The highest BCUT2D eigenvalue weighted by molar-refractivity contribution is 6.00. The van der Waals surface area contributed by atoms with E-state index in [0.717, 1.165) is 30.2 Å². The van der Waals surface area contributed by atoms with Crippen molar-refractivity contribution in [1.29, 1.82) is 0 Å². The lowest BCUT2D eigenvalue weighted by atomic mass is 9.94. The van der Waals surface area contributed by atoms with Crippen molar-refractivity contribution in [1.82, 2.24) is 25.5 Å². The molecule has 0 unspecified atom stereocenters. The second kappa shape index (κ2) is 8.96. The molecular formula is C24H21F2N7O3. The molecular weight excluding hydrogens is 472 g/mol. The Balaban J connectivity index is 1.49. The Morgan fingerprint density at radius 2 is 1.92 bits per heavy atom. The summed E-state index contributed by atoms with van der Waals surface area (Å²) in [5.41, 5.74) is 2.02. The highest BCUT2D eigenvalue weighted by atomic mass is 19.1. The zero-order chi connectivity index (χ0) is 25.4. The SMILES string of the molecule is CC1(C)NC(=O)c2ccc(Nc3ncc(-c4nnco4)c(N[C@H](CO)c4cc(F)cc(F)c4)n3)cc21. The predicted octanol–water partition coefficient (Wildman–Crippen LogP) is 3.67. The quantitative estimate of drug-likeness (QED) is 0.304. The summed E-state index contributed by atoms with van der Waals surface area (Å²) in [5.74, 6) is -1.23. The summed E-state index contributed by atoms with van der Waals surface area (Å²) in [6.07, 6.45) is 2.58. The number of nitrogens with one attached hydrogen (secondary N) is 3. The van der Waals surface area contributed by atoms with Crippen LogP contribution in [0.15, 0.2) is 53.4 Å². The number of aromatic nitrogens is 4. The number of benzene rings is 2. The van der Waals surface area contributed by atoms with Crippen molar-refractivity contribution in [2.75, 3.05) is 17.2 Å². The first-order chi connectivity index (χ1) is 17.2. The number of aliphatic hydroxyl groups is 1. The molecule has 0 radical (unpaired) electrons. The first-order valence-corrected chi connectivity index (χ1v) is 10.9. The number of anilines is 3. The first-order valence-electron chi connectivity index (χ1n) is 10.9. The minimum atomic E-state index is -0.905. The molecule has 2 aromatic heterocycles. The van der Waals surface area contributed by atoms with Crippen LogP contribution in [0.25, 0.3) is 11.5 Å². The van der Waals surface area contributed by atoms with Crippen molar-refractivity contribution in [3.63, 3.8) is 0 Å². The Hall–Kier alpha value is -4.45. The second-order valence-electron chi connectivity index (χ2n) is 8.75. The molecule has 0 fully saturated rings. The van der Waals surface area contributed by atoms with Crippen LogP contribution >= 0.6 is 0 Å². The highest BCUT2D eigenvalue weighted by Gasteiger charge is 2.35. The van der Waals surface area contributed by atoms with Crippen molar-refractivity contribution >= 4 is 23.4 Å². The molecule has 0 aliphatic carbocycles. The summed E-state index contributed by atoms with van der Waals surface area (Å²) in [6, 6.07) is 7.35. The van der Waals surface area contributed by atoms with Gasteiger partial charge in [-0.3, -0.25) is 4.79 Å². The maximum Gasteiger partial charge on any atom is 0.252 e. The summed E-state index contributed by atoms with van der Waals surface area (Å²) < 4.78 is 32.9. The molecule has 0 saturated heterocycles. The topological polar surface area (TPSA) is 138 Å². The van der Waals surface area contributed by atoms with Crippen LogP contribution in [0, 0.1) is 11.6 Å². The monoisotopic (exact) mass is 493 g/mol. The third-order valence-corrected chi connectivity index (χ3v) is 5.78. The van der Waals surface area contributed by atoms with Gasteiger partial charge < -0.3 is 25.5 Å². The lowest BCUT2D eigenvalue weighted by Crippen LogP contribution is -2.32. The molecule has 5 rings (SSSR count). The van der Waals surface area contributed by atoms with Gasteiger partial charge in [0.25, 0.3) is 11.8 Å². The third kappa shape index (κ3) is 4.45. The van der Waals surface area contributed by atoms with Crippen LogP contribution in [0.2, 0.25) is 0 Å². The molecule has 3 heterocycles. The molecule has 184 valence electrons. The van der Waals surface area contributed by atoms with Crippen molar-refractivity contribution in [3.05, 3.63) is 77.3 Å². The van der Waals surface area contributed by atoms with E-state index in [4.69, 9.17) is 4.42 Å². The molecule has 2 aromatic carbocycles. The van der Waals surface area contributed by atoms with Crippen LogP contribution in [0.3, 0.4) is 0 Å². The third-order valence-electron chi connectivity index (χ3n) is 5.78. The molecule has 10 nitrogen and oxygen atoms in total. The average molecular weight is 493 g/mol. The smallest absolute Gasteiger partial charge is 0.252 e. The summed E-state index contributed by atoms with van der Waals surface area (Å²) in [5, 5.41) is 26.5. The van der Waals surface area contributed by atoms with Gasteiger partial charge in [-0.2, -0.15) is 4.98 Å². The van der Waals surface area contributed by atoms with E-state index in [-0.39, 0.29) is 29.1 Å². The Labute approximate surface area is 203 Å². The fourth-order valence-electron chi connectivity index (χ4n) is 4.06. The first kappa shape index (κ1) is 23.3. The van der Waals surface area contributed by atoms with Crippen LogP contribution in [0.4, 0.5) is 26.2 Å². The van der Waals surface area contributed by atoms with Crippen LogP contribution in [0.1, 0.15) is 41.4 Å². The molecule has 1 aliphatic heterocycles. The van der Waals surface area contributed by atoms with Crippen molar-refractivity contribution in [2.24, 2.45) is 0 Å². The number of rotatable bonds is 7. The van der Waals surface area contributed by atoms with Gasteiger partial charge in [0.1, 0.15) is 17.5 Å². The number of nitrogens with zero attached hydrogens (tertiary/aromatic N) is 4. The van der Waals surface area contributed by atoms with E-state index in [1.165, 1.54) is 6.20 Å².